The quantitative estimate of drug-likeness (QED) is 0.815. The molecule has 0 spiro atoms. The van der Waals surface area contributed by atoms with E-state index in [-0.39, 0.29) is 17.8 Å². The zero-order chi connectivity index (χ0) is 14.2. The van der Waals surface area contributed by atoms with Gasteiger partial charge in [0.25, 0.3) is 0 Å². The number of hydrogen-bond acceptors (Lipinski definition) is 4. The van der Waals surface area contributed by atoms with Gasteiger partial charge < -0.3 is 20.5 Å². The molecule has 2 atom stereocenters. The highest BCUT2D eigenvalue weighted by Gasteiger charge is 2.27. The number of aromatic carboxylic acids is 1. The molecule has 0 aliphatic carbocycles. The predicted octanol–water partition coefficient (Wildman–Crippen LogP) is 2.23. The average Bonchev–Trinajstić information content (AvgIpc) is 2.25. The molecule has 0 aromatic heterocycles. The van der Waals surface area contributed by atoms with Gasteiger partial charge in [0.05, 0.1) is 28.5 Å². The third-order valence-corrected chi connectivity index (χ3v) is 3.34. The van der Waals surface area contributed by atoms with E-state index in [0.29, 0.717) is 29.5 Å². The summed E-state index contributed by atoms with van der Waals surface area (Å²) in [6, 6.07) is 3.02. The lowest BCUT2D eigenvalue weighted by atomic mass is 10.1. The average molecular weight is 285 g/mol. The number of carboxylic acid groups (broad SMARTS) is 1. The van der Waals surface area contributed by atoms with Gasteiger partial charge in [0, 0.05) is 18.8 Å². The van der Waals surface area contributed by atoms with Crippen LogP contribution in [0.5, 0.6) is 0 Å². The van der Waals surface area contributed by atoms with E-state index in [0.717, 1.165) is 0 Å². The lowest BCUT2D eigenvalue weighted by molar-refractivity contribution is -0.00530. The molecule has 5 nitrogen and oxygen atoms in total. The summed E-state index contributed by atoms with van der Waals surface area (Å²) >= 11 is 6.18. The summed E-state index contributed by atoms with van der Waals surface area (Å²) < 4.78 is 5.64. The standard InChI is InChI=1S/C13H17ClN2O3/c1-7-5-16(6-8(2)19-7)12-10(13(17)18)3-9(15)4-11(12)14/h3-4,7-8H,5-6,15H2,1-2H3,(H,17,18). The Hall–Kier alpha value is -1.46. The number of hydrogen-bond donors (Lipinski definition) is 2. The van der Waals surface area contributed by atoms with Crippen molar-refractivity contribution in [3.05, 3.63) is 22.7 Å². The van der Waals surface area contributed by atoms with Crippen molar-refractivity contribution >= 4 is 28.9 Å². The first-order valence-electron chi connectivity index (χ1n) is 6.11. The maximum Gasteiger partial charge on any atom is 0.337 e. The number of nitrogens with zero attached hydrogens (tertiary/aromatic N) is 1. The van der Waals surface area contributed by atoms with Crippen LogP contribution >= 0.6 is 11.6 Å². The van der Waals surface area contributed by atoms with Crippen LogP contribution in [-0.2, 0) is 4.74 Å². The molecule has 1 saturated heterocycles. The van der Waals surface area contributed by atoms with Crippen LogP contribution in [0.1, 0.15) is 24.2 Å². The third-order valence-electron chi connectivity index (χ3n) is 3.05. The number of nitrogens with two attached hydrogens (primary N) is 1. The van der Waals surface area contributed by atoms with Gasteiger partial charge in [-0.2, -0.15) is 0 Å². The number of rotatable bonds is 2. The lowest BCUT2D eigenvalue weighted by Gasteiger charge is -2.37. The van der Waals surface area contributed by atoms with Crippen molar-refractivity contribution in [2.24, 2.45) is 0 Å². The molecular formula is C13H17ClN2O3. The first kappa shape index (κ1) is 14.0. The summed E-state index contributed by atoms with van der Waals surface area (Å²) in [5.41, 5.74) is 6.66. The molecule has 0 amide bonds. The van der Waals surface area contributed by atoms with E-state index in [4.69, 9.17) is 22.1 Å². The smallest absolute Gasteiger partial charge is 0.337 e. The van der Waals surface area contributed by atoms with Gasteiger partial charge in [-0.1, -0.05) is 11.6 Å². The van der Waals surface area contributed by atoms with E-state index in [1.165, 1.54) is 6.07 Å². The number of ether oxygens (including phenoxy) is 1. The maximum absolute atomic E-state index is 11.4. The Morgan fingerprint density at radius 3 is 2.53 bits per heavy atom. The van der Waals surface area contributed by atoms with Gasteiger partial charge in [0.15, 0.2) is 0 Å². The minimum Gasteiger partial charge on any atom is -0.478 e. The fourth-order valence-electron chi connectivity index (χ4n) is 2.46. The first-order valence-corrected chi connectivity index (χ1v) is 6.49. The van der Waals surface area contributed by atoms with Crippen LogP contribution < -0.4 is 10.6 Å². The summed E-state index contributed by atoms with van der Waals surface area (Å²) in [5, 5.41) is 9.66. The van der Waals surface area contributed by atoms with Crippen LogP contribution in [0.4, 0.5) is 11.4 Å². The Morgan fingerprint density at radius 2 is 2.00 bits per heavy atom. The highest BCUT2D eigenvalue weighted by Crippen LogP contribution is 2.34. The largest absolute Gasteiger partial charge is 0.478 e. The van der Waals surface area contributed by atoms with Gasteiger partial charge in [0.1, 0.15) is 0 Å². The van der Waals surface area contributed by atoms with Gasteiger partial charge in [-0.15, -0.1) is 0 Å². The summed E-state index contributed by atoms with van der Waals surface area (Å²) in [6.45, 7) is 5.12. The van der Waals surface area contributed by atoms with Crippen molar-refractivity contribution in [2.75, 3.05) is 23.7 Å². The normalized spacial score (nSPS) is 23.4. The molecule has 1 heterocycles. The first-order chi connectivity index (χ1) is 8.88. The van der Waals surface area contributed by atoms with E-state index in [1.54, 1.807) is 6.07 Å². The Kier molecular flexibility index (Phi) is 3.87. The Morgan fingerprint density at radius 1 is 1.42 bits per heavy atom. The van der Waals surface area contributed by atoms with E-state index >= 15 is 0 Å². The van der Waals surface area contributed by atoms with Crippen LogP contribution in [0.2, 0.25) is 5.02 Å². The number of nitrogen functional groups attached to an aromatic ring is 1. The Balaban J connectivity index is 2.46. The van der Waals surface area contributed by atoms with Crippen molar-refractivity contribution < 1.29 is 14.6 Å². The third kappa shape index (κ3) is 2.93. The molecule has 0 saturated carbocycles. The molecule has 2 rings (SSSR count). The van der Waals surface area contributed by atoms with Crippen molar-refractivity contribution in [2.45, 2.75) is 26.1 Å². The molecule has 1 aromatic carbocycles. The zero-order valence-electron chi connectivity index (χ0n) is 10.9. The summed E-state index contributed by atoms with van der Waals surface area (Å²) in [5.74, 6) is -1.03. The second-order valence-electron chi connectivity index (χ2n) is 4.87. The summed E-state index contributed by atoms with van der Waals surface area (Å²) in [6.07, 6.45) is 0.0537. The Labute approximate surface area is 116 Å². The van der Waals surface area contributed by atoms with Gasteiger partial charge in [-0.25, -0.2) is 4.79 Å². The number of carboxylic acids is 1. The van der Waals surface area contributed by atoms with Gasteiger partial charge in [-0.05, 0) is 26.0 Å². The number of morpholine rings is 1. The van der Waals surface area contributed by atoms with E-state index in [1.807, 2.05) is 18.7 Å². The fraction of sp³-hybridized carbons (Fsp3) is 0.462. The van der Waals surface area contributed by atoms with Gasteiger partial charge >= 0.3 is 5.97 Å². The molecule has 1 aliphatic rings. The van der Waals surface area contributed by atoms with Crippen LogP contribution in [-0.4, -0.2) is 36.4 Å². The van der Waals surface area contributed by atoms with Crippen molar-refractivity contribution in [3.8, 4) is 0 Å². The summed E-state index contributed by atoms with van der Waals surface area (Å²) in [7, 11) is 0. The molecule has 19 heavy (non-hydrogen) atoms. The Bertz CT molecular complexity index is 497. The van der Waals surface area contributed by atoms with Crippen LogP contribution in [0.3, 0.4) is 0 Å². The molecule has 6 heteroatoms. The van der Waals surface area contributed by atoms with Crippen LogP contribution in [0.15, 0.2) is 12.1 Å². The number of carbonyl (C=O) groups is 1. The van der Waals surface area contributed by atoms with Gasteiger partial charge in [-0.3, -0.25) is 0 Å². The maximum atomic E-state index is 11.4. The molecule has 3 N–H and O–H groups in total. The molecule has 104 valence electrons. The number of benzene rings is 1. The van der Waals surface area contributed by atoms with Crippen molar-refractivity contribution in [3.63, 3.8) is 0 Å². The van der Waals surface area contributed by atoms with E-state index in [9.17, 15) is 9.90 Å². The highest BCUT2D eigenvalue weighted by atomic mass is 35.5. The molecule has 0 bridgehead atoms. The number of halogens is 1. The molecule has 0 radical (unpaired) electrons. The number of anilines is 2. The van der Waals surface area contributed by atoms with Gasteiger partial charge in [0.2, 0.25) is 0 Å². The van der Waals surface area contributed by atoms with Crippen LogP contribution in [0.25, 0.3) is 0 Å². The van der Waals surface area contributed by atoms with Crippen molar-refractivity contribution in [1.82, 2.24) is 0 Å². The minimum atomic E-state index is -1.03. The zero-order valence-corrected chi connectivity index (χ0v) is 11.6. The molecule has 1 aromatic rings. The fourth-order valence-corrected chi connectivity index (χ4v) is 2.81. The highest BCUT2D eigenvalue weighted by molar-refractivity contribution is 6.34. The molecule has 1 fully saturated rings. The molecular weight excluding hydrogens is 268 g/mol. The SMILES string of the molecule is CC1CN(c2c(Cl)cc(N)cc2C(=O)O)CC(C)O1. The topological polar surface area (TPSA) is 75.8 Å². The monoisotopic (exact) mass is 284 g/mol. The van der Waals surface area contributed by atoms with Crippen molar-refractivity contribution in [1.29, 1.82) is 0 Å². The lowest BCUT2D eigenvalue weighted by Crippen LogP contribution is -2.46. The second-order valence-corrected chi connectivity index (χ2v) is 5.27. The van der Waals surface area contributed by atoms with Crippen LogP contribution in [0, 0.1) is 0 Å². The second kappa shape index (κ2) is 5.27. The predicted molar refractivity (Wildman–Crippen MR) is 75.0 cm³/mol. The minimum absolute atomic E-state index is 0.0269. The molecule has 1 aliphatic heterocycles. The molecule has 2 unspecified atom stereocenters. The summed E-state index contributed by atoms with van der Waals surface area (Å²) in [4.78, 5) is 13.3. The van der Waals surface area contributed by atoms with E-state index in [2.05, 4.69) is 0 Å². The van der Waals surface area contributed by atoms with E-state index < -0.39 is 5.97 Å².